The minimum Gasteiger partial charge on any atom is -0.497 e. The summed E-state index contributed by atoms with van der Waals surface area (Å²) in [6, 6.07) is 19.6. The predicted octanol–water partition coefficient (Wildman–Crippen LogP) is 5.32. The Labute approximate surface area is 184 Å². The third-order valence-corrected chi connectivity index (χ3v) is 6.07. The quantitative estimate of drug-likeness (QED) is 0.558. The smallest absolute Gasteiger partial charge is 0.231 e. The van der Waals surface area contributed by atoms with Crippen molar-refractivity contribution in [3.8, 4) is 23.0 Å². The first-order chi connectivity index (χ1) is 15.2. The Kier molecular flexibility index (Phi) is 4.21. The summed E-state index contributed by atoms with van der Waals surface area (Å²) in [7, 11) is 1.66. The maximum atomic E-state index is 6.40. The van der Waals surface area contributed by atoms with Crippen molar-refractivity contribution in [2.24, 2.45) is 5.10 Å². The summed E-state index contributed by atoms with van der Waals surface area (Å²) in [6.45, 7) is 0.248. The molecule has 0 aromatic heterocycles. The van der Waals surface area contributed by atoms with Gasteiger partial charge in [0, 0.05) is 28.1 Å². The third-order valence-electron chi connectivity index (χ3n) is 5.84. The second-order valence-corrected chi connectivity index (χ2v) is 8.08. The van der Waals surface area contributed by atoms with Crippen LogP contribution in [0.1, 0.15) is 35.4 Å². The number of benzene rings is 3. The van der Waals surface area contributed by atoms with Gasteiger partial charge in [-0.15, -0.1) is 0 Å². The van der Waals surface area contributed by atoms with E-state index in [1.165, 1.54) is 0 Å². The molecule has 2 atom stereocenters. The van der Waals surface area contributed by atoms with Crippen LogP contribution in [0.15, 0.2) is 65.8 Å². The molecule has 0 bridgehead atoms. The molecule has 3 aliphatic rings. The van der Waals surface area contributed by atoms with Crippen LogP contribution < -0.4 is 18.9 Å². The average molecular weight is 435 g/mol. The fraction of sp³-hybridized carbons (Fsp3) is 0.208. The van der Waals surface area contributed by atoms with Gasteiger partial charge in [0.2, 0.25) is 13.0 Å². The van der Waals surface area contributed by atoms with Gasteiger partial charge in [-0.05, 0) is 48.5 Å². The summed E-state index contributed by atoms with van der Waals surface area (Å²) >= 11 is 6.32. The van der Waals surface area contributed by atoms with Crippen LogP contribution in [0.4, 0.5) is 0 Å². The molecule has 0 amide bonds. The largest absolute Gasteiger partial charge is 0.497 e. The number of methoxy groups -OCH3 is 1. The van der Waals surface area contributed by atoms with Gasteiger partial charge in [-0.3, -0.25) is 0 Å². The normalized spacial score (nSPS) is 20.6. The molecule has 0 saturated heterocycles. The highest BCUT2D eigenvalue weighted by Crippen LogP contribution is 2.48. The van der Waals surface area contributed by atoms with E-state index in [-0.39, 0.29) is 19.1 Å². The first kappa shape index (κ1) is 18.4. The monoisotopic (exact) mass is 434 g/mol. The molecule has 156 valence electrons. The number of fused-ring (bicyclic) bond motifs is 4. The molecule has 3 aromatic carbocycles. The van der Waals surface area contributed by atoms with Crippen LogP contribution in [-0.2, 0) is 0 Å². The van der Waals surface area contributed by atoms with E-state index in [0.29, 0.717) is 5.02 Å². The van der Waals surface area contributed by atoms with E-state index in [9.17, 15) is 0 Å². The van der Waals surface area contributed by atoms with E-state index < -0.39 is 0 Å². The van der Waals surface area contributed by atoms with E-state index in [0.717, 1.165) is 51.8 Å². The van der Waals surface area contributed by atoms with Gasteiger partial charge in [-0.1, -0.05) is 23.7 Å². The first-order valence-electron chi connectivity index (χ1n) is 10.1. The van der Waals surface area contributed by atoms with E-state index in [4.69, 9.17) is 35.6 Å². The maximum Gasteiger partial charge on any atom is 0.231 e. The lowest BCUT2D eigenvalue weighted by molar-refractivity contribution is -0.0191. The zero-order chi connectivity index (χ0) is 20.9. The van der Waals surface area contributed by atoms with Crippen molar-refractivity contribution >= 4 is 17.3 Å². The lowest BCUT2D eigenvalue weighted by atomic mass is 9.95. The molecule has 3 aliphatic heterocycles. The highest BCUT2D eigenvalue weighted by Gasteiger charge is 2.41. The molecule has 6 rings (SSSR count). The van der Waals surface area contributed by atoms with E-state index >= 15 is 0 Å². The van der Waals surface area contributed by atoms with Gasteiger partial charge >= 0.3 is 0 Å². The Balaban J connectivity index is 1.44. The van der Waals surface area contributed by atoms with Gasteiger partial charge in [0.25, 0.3) is 0 Å². The molecule has 31 heavy (non-hydrogen) atoms. The van der Waals surface area contributed by atoms with Gasteiger partial charge in [0.1, 0.15) is 11.5 Å². The Morgan fingerprint density at radius 1 is 1.00 bits per heavy atom. The second kappa shape index (κ2) is 7.10. The highest BCUT2D eigenvalue weighted by molar-refractivity contribution is 6.30. The van der Waals surface area contributed by atoms with Gasteiger partial charge in [-0.25, -0.2) is 5.01 Å². The van der Waals surface area contributed by atoms with Crippen molar-refractivity contribution in [1.29, 1.82) is 0 Å². The molecular formula is C24H19ClN2O4. The van der Waals surface area contributed by atoms with Crippen LogP contribution >= 0.6 is 11.6 Å². The Hall–Kier alpha value is -3.38. The van der Waals surface area contributed by atoms with E-state index in [1.54, 1.807) is 7.11 Å². The summed E-state index contributed by atoms with van der Waals surface area (Å²) in [6.07, 6.45) is 0.358. The fourth-order valence-electron chi connectivity index (χ4n) is 4.32. The summed E-state index contributed by atoms with van der Waals surface area (Å²) < 4.78 is 22.8. The van der Waals surface area contributed by atoms with Crippen molar-refractivity contribution in [2.75, 3.05) is 13.9 Å². The van der Waals surface area contributed by atoms with Crippen LogP contribution in [0.2, 0.25) is 5.02 Å². The molecule has 7 heteroatoms. The Bertz CT molecular complexity index is 1210. The molecule has 3 heterocycles. The molecule has 0 saturated carbocycles. The minimum absolute atomic E-state index is 0.0130. The van der Waals surface area contributed by atoms with Crippen molar-refractivity contribution < 1.29 is 18.9 Å². The number of nitrogens with zero attached hydrogens (tertiary/aromatic N) is 2. The number of rotatable bonds is 3. The molecule has 0 aliphatic carbocycles. The summed E-state index contributed by atoms with van der Waals surface area (Å²) in [4.78, 5) is 0. The van der Waals surface area contributed by atoms with E-state index in [1.807, 2.05) is 65.7 Å². The zero-order valence-electron chi connectivity index (χ0n) is 16.7. The summed E-state index contributed by atoms with van der Waals surface area (Å²) in [5, 5.41) is 7.69. The van der Waals surface area contributed by atoms with Crippen molar-refractivity contribution in [2.45, 2.75) is 18.7 Å². The predicted molar refractivity (Wildman–Crippen MR) is 116 cm³/mol. The number of hydrogen-bond acceptors (Lipinski definition) is 6. The Morgan fingerprint density at radius 3 is 2.77 bits per heavy atom. The minimum atomic E-state index is -0.375. The molecule has 0 radical (unpaired) electrons. The highest BCUT2D eigenvalue weighted by atomic mass is 35.5. The van der Waals surface area contributed by atoms with Crippen molar-refractivity contribution in [3.63, 3.8) is 0 Å². The number of ether oxygens (including phenoxy) is 4. The van der Waals surface area contributed by atoms with E-state index in [2.05, 4.69) is 0 Å². The van der Waals surface area contributed by atoms with Crippen molar-refractivity contribution in [3.05, 3.63) is 82.4 Å². The van der Waals surface area contributed by atoms with Gasteiger partial charge in [-0.2, -0.15) is 5.10 Å². The molecule has 0 N–H and O–H groups in total. The molecule has 0 spiro atoms. The third kappa shape index (κ3) is 3.06. The van der Waals surface area contributed by atoms with Gasteiger partial charge in [0.15, 0.2) is 11.5 Å². The lowest BCUT2D eigenvalue weighted by Crippen LogP contribution is -2.33. The van der Waals surface area contributed by atoms with Crippen LogP contribution in [0.25, 0.3) is 0 Å². The lowest BCUT2D eigenvalue weighted by Gasteiger charge is -2.38. The maximum absolute atomic E-state index is 6.40. The van der Waals surface area contributed by atoms with Gasteiger partial charge < -0.3 is 18.9 Å². The molecular weight excluding hydrogens is 416 g/mol. The van der Waals surface area contributed by atoms with Crippen LogP contribution in [0.3, 0.4) is 0 Å². The van der Waals surface area contributed by atoms with Crippen LogP contribution in [0.5, 0.6) is 23.0 Å². The first-order valence-corrected chi connectivity index (χ1v) is 10.4. The molecule has 6 nitrogen and oxygen atoms in total. The topological polar surface area (TPSA) is 52.5 Å². The van der Waals surface area contributed by atoms with Gasteiger partial charge in [0.05, 0.1) is 18.9 Å². The summed E-state index contributed by atoms with van der Waals surface area (Å²) in [5.74, 6) is 3.10. The van der Waals surface area contributed by atoms with Crippen LogP contribution in [0, 0.1) is 0 Å². The average Bonchev–Trinajstić information content (AvgIpc) is 3.45. The fourth-order valence-corrected chi connectivity index (χ4v) is 4.50. The SMILES string of the molecule is COc1cccc([C@@H]2Oc3ccc(Cl)cc3[C@@H]3CC(c4ccc5c(c4)OCO5)=NN32)c1. The standard InChI is InChI=1S/C24H19ClN2O4/c1-28-17-4-2-3-15(9-17)24-27-20(18-11-16(25)6-8-21(18)31-24)12-19(26-27)14-5-7-22-23(10-14)30-13-29-22/h2-11,20,24H,12-13H2,1H3/t20-,24-/m0/s1. The second-order valence-electron chi connectivity index (χ2n) is 7.64. The number of halogens is 1. The number of hydrazone groups is 1. The zero-order valence-corrected chi connectivity index (χ0v) is 17.5. The number of hydrogen-bond donors (Lipinski definition) is 0. The molecule has 3 aromatic rings. The molecule has 0 unspecified atom stereocenters. The molecule has 0 fully saturated rings. The van der Waals surface area contributed by atoms with Crippen LogP contribution in [-0.4, -0.2) is 24.6 Å². The summed E-state index contributed by atoms with van der Waals surface area (Å²) in [5.41, 5.74) is 3.98. The van der Waals surface area contributed by atoms with Crippen molar-refractivity contribution in [1.82, 2.24) is 5.01 Å². The Morgan fingerprint density at radius 2 is 1.87 bits per heavy atom.